The van der Waals surface area contributed by atoms with E-state index in [4.69, 9.17) is 30.2 Å². The normalized spacial score (nSPS) is 20.7. The number of rotatable bonds is 18. The van der Waals surface area contributed by atoms with Crippen LogP contribution in [0.15, 0.2) is 59.7 Å². The van der Waals surface area contributed by atoms with E-state index >= 15 is 0 Å². The number of azide groups is 1. The molecule has 2 aromatic carbocycles. The van der Waals surface area contributed by atoms with Crippen molar-refractivity contribution in [3.05, 3.63) is 76.2 Å². The monoisotopic (exact) mass is 779 g/mol. The molecule has 304 valence electrons. The van der Waals surface area contributed by atoms with Crippen molar-refractivity contribution in [3.8, 4) is 0 Å². The van der Waals surface area contributed by atoms with Crippen LogP contribution in [0.1, 0.15) is 65.0 Å². The van der Waals surface area contributed by atoms with Gasteiger partial charge in [0.1, 0.15) is 29.9 Å². The van der Waals surface area contributed by atoms with Crippen LogP contribution in [0.4, 0.5) is 15.3 Å². The highest BCUT2D eigenvalue weighted by Crippen LogP contribution is 2.39. The zero-order chi connectivity index (χ0) is 40.9. The maximum absolute atomic E-state index is 14.0. The number of benzene rings is 2. The molecule has 0 bridgehead atoms. The minimum absolute atomic E-state index is 0.00977. The van der Waals surface area contributed by atoms with Crippen LogP contribution < -0.4 is 32.3 Å². The van der Waals surface area contributed by atoms with Gasteiger partial charge in [0.05, 0.1) is 25.2 Å². The molecule has 0 spiro atoms. The molecule has 4 rings (SSSR count). The van der Waals surface area contributed by atoms with Crippen LogP contribution in [0.2, 0.25) is 0 Å². The fourth-order valence-electron chi connectivity index (χ4n) is 6.36. The van der Waals surface area contributed by atoms with Gasteiger partial charge in [0.15, 0.2) is 5.79 Å². The van der Waals surface area contributed by atoms with Crippen molar-refractivity contribution in [2.75, 3.05) is 25.0 Å². The van der Waals surface area contributed by atoms with Crippen molar-refractivity contribution in [2.24, 2.45) is 10.8 Å². The second kappa shape index (κ2) is 20.0. The Bertz CT molecular complexity index is 1710. The first-order valence-corrected chi connectivity index (χ1v) is 18.6. The molecule has 2 heterocycles. The number of fused-ring (bicyclic) bond motifs is 1. The molecule has 2 aliphatic heterocycles. The van der Waals surface area contributed by atoms with Crippen molar-refractivity contribution in [3.63, 3.8) is 0 Å². The van der Waals surface area contributed by atoms with Gasteiger partial charge < -0.3 is 51.3 Å². The van der Waals surface area contributed by atoms with Crippen LogP contribution in [0.3, 0.4) is 0 Å². The van der Waals surface area contributed by atoms with Crippen molar-refractivity contribution >= 4 is 35.5 Å². The largest absolute Gasteiger partial charge is 0.444 e. The predicted octanol–water partition coefficient (Wildman–Crippen LogP) is 3.34. The molecule has 0 aliphatic carbocycles. The van der Waals surface area contributed by atoms with Gasteiger partial charge in [0, 0.05) is 30.1 Å². The minimum atomic E-state index is -1.09. The SMILES string of the molecule is CC(C)(C)OC(=O)NCCc1ccc(NC(=O)C(CCCNC(N)=O)NC(=O)[C@@H](Cc2ccccc2)NC(=O)C[C@@H]2O[C@H](CN=[N+]=[N-])C3OC(C)(C)OC32)cc1. The lowest BCUT2D eigenvalue weighted by Crippen LogP contribution is -2.54. The zero-order valence-electron chi connectivity index (χ0n) is 32.4. The molecule has 0 saturated carbocycles. The molecule has 6 amide bonds. The number of urea groups is 1. The average Bonchev–Trinajstić information content (AvgIpc) is 3.60. The molecule has 6 atom stereocenters. The summed E-state index contributed by atoms with van der Waals surface area (Å²) in [6.07, 6.45) is -2.15. The summed E-state index contributed by atoms with van der Waals surface area (Å²) >= 11 is 0. The first kappa shape index (κ1) is 43.3. The summed E-state index contributed by atoms with van der Waals surface area (Å²) in [5.74, 6) is -2.57. The number of nitrogens with zero attached hydrogens (tertiary/aromatic N) is 3. The summed E-state index contributed by atoms with van der Waals surface area (Å²) in [6.45, 7) is 9.34. The molecule has 3 unspecified atom stereocenters. The Morgan fingerprint density at radius 3 is 2.21 bits per heavy atom. The Kier molecular flexibility index (Phi) is 15.4. The topological polar surface area (TPSA) is 257 Å². The van der Waals surface area contributed by atoms with E-state index in [0.29, 0.717) is 25.1 Å². The minimum Gasteiger partial charge on any atom is -0.444 e. The van der Waals surface area contributed by atoms with Gasteiger partial charge in [0.2, 0.25) is 17.7 Å². The third kappa shape index (κ3) is 14.0. The van der Waals surface area contributed by atoms with Gasteiger partial charge in [0.25, 0.3) is 0 Å². The third-order valence-electron chi connectivity index (χ3n) is 8.80. The Hall–Kier alpha value is -5.42. The number of hydrogen-bond donors (Lipinski definition) is 6. The van der Waals surface area contributed by atoms with E-state index in [1.807, 2.05) is 30.3 Å². The second-order valence-corrected chi connectivity index (χ2v) is 15.1. The summed E-state index contributed by atoms with van der Waals surface area (Å²) in [5.41, 5.74) is 15.6. The maximum atomic E-state index is 14.0. The van der Waals surface area contributed by atoms with E-state index < -0.39 is 77.7 Å². The highest BCUT2D eigenvalue weighted by Gasteiger charge is 2.55. The number of carbonyl (C=O) groups is 5. The maximum Gasteiger partial charge on any atom is 0.407 e. The molecule has 18 heteroatoms. The van der Waals surface area contributed by atoms with E-state index in [1.54, 1.807) is 58.9 Å². The lowest BCUT2D eigenvalue weighted by Gasteiger charge is -2.25. The summed E-state index contributed by atoms with van der Waals surface area (Å²) in [4.78, 5) is 67.3. The summed E-state index contributed by atoms with van der Waals surface area (Å²) in [6, 6.07) is 13.3. The fraction of sp³-hybridized carbons (Fsp3) is 0.553. The van der Waals surface area contributed by atoms with Crippen LogP contribution in [0.25, 0.3) is 10.4 Å². The highest BCUT2D eigenvalue weighted by molar-refractivity contribution is 5.98. The van der Waals surface area contributed by atoms with E-state index in [0.717, 1.165) is 11.1 Å². The number of hydrogen-bond acceptors (Lipinski definition) is 10. The van der Waals surface area contributed by atoms with E-state index in [1.165, 1.54) is 0 Å². The molecular weight excluding hydrogens is 726 g/mol. The Morgan fingerprint density at radius 2 is 1.57 bits per heavy atom. The van der Waals surface area contributed by atoms with Gasteiger partial charge in [-0.25, -0.2) is 9.59 Å². The number of amides is 6. The van der Waals surface area contributed by atoms with Crippen molar-refractivity contribution in [1.82, 2.24) is 21.3 Å². The first-order valence-electron chi connectivity index (χ1n) is 18.6. The molecule has 18 nitrogen and oxygen atoms in total. The van der Waals surface area contributed by atoms with Gasteiger partial charge in [-0.2, -0.15) is 0 Å². The average molecular weight is 780 g/mol. The standard InChI is InChI=1S/C38H53N9O9/c1-37(2,3)56-36(52)42-19-17-23-13-15-25(16-14-23)44-33(49)26(12-9-18-41-35(39)51)46-34(50)27(20-24-10-7-6-8-11-24)45-30(48)21-28-31-32(55-38(4,5)54-31)29(53-28)22-43-47-40/h6-8,10-11,13-16,26-29,31-32H,9,12,17-22H2,1-5H3,(H,42,52)(H,44,49)(H,45,48)(H,46,50)(H3,39,41,51)/t26?,27-,28+,29-,31?,32?/m1/s1. The molecule has 2 saturated heterocycles. The van der Waals surface area contributed by atoms with Crippen LogP contribution in [0, 0.1) is 0 Å². The Labute approximate surface area is 325 Å². The number of primary amides is 1. The second-order valence-electron chi connectivity index (χ2n) is 15.1. The van der Waals surface area contributed by atoms with E-state index in [9.17, 15) is 24.0 Å². The number of alkyl carbamates (subject to hydrolysis) is 1. The number of nitrogens with one attached hydrogen (secondary N) is 5. The molecular formula is C38H53N9O9. The van der Waals surface area contributed by atoms with Crippen molar-refractivity contribution < 1.29 is 42.9 Å². The van der Waals surface area contributed by atoms with Gasteiger partial charge in [-0.05, 0) is 82.7 Å². The Balaban J connectivity index is 1.43. The number of anilines is 1. The molecule has 56 heavy (non-hydrogen) atoms. The van der Waals surface area contributed by atoms with Gasteiger partial charge in [-0.1, -0.05) is 47.6 Å². The number of carbonyl (C=O) groups excluding carboxylic acids is 5. The smallest absolute Gasteiger partial charge is 0.407 e. The van der Waals surface area contributed by atoms with E-state index in [-0.39, 0.29) is 32.4 Å². The first-order chi connectivity index (χ1) is 26.5. The van der Waals surface area contributed by atoms with Crippen LogP contribution in [-0.4, -0.2) is 97.4 Å². The van der Waals surface area contributed by atoms with Gasteiger partial charge >= 0.3 is 12.1 Å². The fourth-order valence-corrected chi connectivity index (χ4v) is 6.36. The third-order valence-corrected chi connectivity index (χ3v) is 8.80. The van der Waals surface area contributed by atoms with Gasteiger partial charge in [-0.3, -0.25) is 14.4 Å². The molecule has 2 fully saturated rings. The summed E-state index contributed by atoms with van der Waals surface area (Å²) in [7, 11) is 0. The molecule has 0 radical (unpaired) electrons. The van der Waals surface area contributed by atoms with Crippen molar-refractivity contribution in [1.29, 1.82) is 0 Å². The van der Waals surface area contributed by atoms with Crippen molar-refractivity contribution in [2.45, 2.75) is 115 Å². The number of nitrogens with two attached hydrogens (primary N) is 1. The molecule has 2 aliphatic rings. The molecule has 2 aromatic rings. The predicted molar refractivity (Wildman–Crippen MR) is 205 cm³/mol. The summed E-state index contributed by atoms with van der Waals surface area (Å²) in [5, 5.41) is 17.3. The van der Waals surface area contributed by atoms with Gasteiger partial charge in [-0.15, -0.1) is 0 Å². The highest BCUT2D eigenvalue weighted by atomic mass is 16.8. The van der Waals surface area contributed by atoms with E-state index in [2.05, 4.69) is 36.6 Å². The Morgan fingerprint density at radius 1 is 0.893 bits per heavy atom. The zero-order valence-corrected chi connectivity index (χ0v) is 32.4. The molecule has 7 N–H and O–H groups in total. The van der Waals surface area contributed by atoms with Crippen LogP contribution in [0.5, 0.6) is 0 Å². The lowest BCUT2D eigenvalue weighted by molar-refractivity contribution is -0.187. The van der Waals surface area contributed by atoms with Crippen LogP contribution in [-0.2, 0) is 46.2 Å². The lowest BCUT2D eigenvalue weighted by atomic mass is 10.0. The quantitative estimate of drug-likeness (QED) is 0.0561. The summed E-state index contributed by atoms with van der Waals surface area (Å²) < 4.78 is 23.3. The van der Waals surface area contributed by atoms with Crippen LogP contribution >= 0.6 is 0 Å². The molecule has 0 aromatic heterocycles. The number of ether oxygens (including phenoxy) is 4.